The second-order valence-electron chi connectivity index (χ2n) is 4.92. The highest BCUT2D eigenvalue weighted by Gasteiger charge is 2.63. The topological polar surface area (TPSA) is 66.8 Å². The van der Waals surface area contributed by atoms with E-state index in [1.807, 2.05) is 6.92 Å². The van der Waals surface area contributed by atoms with Crippen molar-refractivity contribution in [2.75, 3.05) is 0 Å². The van der Waals surface area contributed by atoms with Crippen LogP contribution in [0.25, 0.3) is 0 Å². The zero-order valence-electron chi connectivity index (χ0n) is 8.54. The fourth-order valence-electron chi connectivity index (χ4n) is 2.60. The number of carboxylic acids is 1. The van der Waals surface area contributed by atoms with E-state index in [0.717, 1.165) is 12.8 Å². The largest absolute Gasteiger partial charge is 0.479 e. The van der Waals surface area contributed by atoms with Gasteiger partial charge in [0.1, 0.15) is 5.60 Å². The fourth-order valence-corrected chi connectivity index (χ4v) is 2.60. The van der Waals surface area contributed by atoms with Crippen molar-refractivity contribution >= 4 is 5.97 Å². The molecule has 2 N–H and O–H groups in total. The molecule has 3 rings (SSSR count). The van der Waals surface area contributed by atoms with Gasteiger partial charge in [0.25, 0.3) is 0 Å². The number of aliphatic carboxylic acids is 1. The van der Waals surface area contributed by atoms with E-state index < -0.39 is 17.2 Å². The third kappa shape index (κ3) is 1.04. The second-order valence-corrected chi connectivity index (χ2v) is 4.92. The van der Waals surface area contributed by atoms with Crippen LogP contribution >= 0.6 is 0 Å². The Balaban J connectivity index is 2.40. The maximum absolute atomic E-state index is 11.1. The van der Waals surface area contributed by atoms with Gasteiger partial charge in [0.15, 0.2) is 5.60 Å². The van der Waals surface area contributed by atoms with Crippen LogP contribution in [0.5, 0.6) is 0 Å². The molecule has 14 heavy (non-hydrogen) atoms. The second kappa shape index (κ2) is 2.49. The van der Waals surface area contributed by atoms with Crippen molar-refractivity contribution in [2.24, 2.45) is 0 Å². The van der Waals surface area contributed by atoms with Gasteiger partial charge in [0, 0.05) is 0 Å². The van der Waals surface area contributed by atoms with Crippen LogP contribution < -0.4 is 0 Å². The van der Waals surface area contributed by atoms with Gasteiger partial charge in [-0.1, -0.05) is 0 Å². The molecule has 0 radical (unpaired) electrons. The average molecular weight is 200 g/mol. The maximum Gasteiger partial charge on any atom is 0.338 e. The Kier molecular flexibility index (Phi) is 1.77. The minimum atomic E-state index is -1.43. The van der Waals surface area contributed by atoms with E-state index >= 15 is 0 Å². The Morgan fingerprint density at radius 3 is 2.07 bits per heavy atom. The molecule has 1 saturated carbocycles. The molecule has 0 aromatic carbocycles. The van der Waals surface area contributed by atoms with Crippen molar-refractivity contribution in [1.82, 2.24) is 0 Å². The van der Waals surface area contributed by atoms with E-state index in [2.05, 4.69) is 0 Å². The van der Waals surface area contributed by atoms with Crippen LogP contribution in [0.2, 0.25) is 0 Å². The minimum Gasteiger partial charge on any atom is -0.479 e. The van der Waals surface area contributed by atoms with Gasteiger partial charge in [0.2, 0.25) is 0 Å². The summed E-state index contributed by atoms with van der Waals surface area (Å²) in [6, 6.07) is 0. The van der Waals surface area contributed by atoms with Crippen LogP contribution in [0, 0.1) is 0 Å². The van der Waals surface area contributed by atoms with Crippen LogP contribution in [-0.4, -0.2) is 33.0 Å². The molecule has 0 amide bonds. The molecule has 0 aromatic heterocycles. The highest BCUT2D eigenvalue weighted by atomic mass is 16.6. The summed E-state index contributed by atoms with van der Waals surface area (Å²) in [5, 5.41) is 19.3. The molecule has 1 aliphatic carbocycles. The molecule has 2 heterocycles. The van der Waals surface area contributed by atoms with Crippen LogP contribution in [0.4, 0.5) is 0 Å². The summed E-state index contributed by atoms with van der Waals surface area (Å²) in [6.07, 6.45) is 2.53. The van der Waals surface area contributed by atoms with Crippen LogP contribution in [0.3, 0.4) is 0 Å². The van der Waals surface area contributed by atoms with Crippen molar-refractivity contribution in [3.05, 3.63) is 0 Å². The third-order valence-electron chi connectivity index (χ3n) is 3.88. The van der Waals surface area contributed by atoms with Crippen molar-refractivity contribution in [3.63, 3.8) is 0 Å². The van der Waals surface area contributed by atoms with E-state index in [4.69, 9.17) is 9.84 Å². The predicted molar refractivity (Wildman–Crippen MR) is 48.9 cm³/mol. The molecule has 4 heteroatoms. The molecule has 3 aliphatic rings. The highest BCUT2D eigenvalue weighted by molar-refractivity contribution is 5.79. The summed E-state index contributed by atoms with van der Waals surface area (Å²) < 4.78 is 5.58. The lowest BCUT2D eigenvalue weighted by molar-refractivity contribution is -0.298. The summed E-state index contributed by atoms with van der Waals surface area (Å²) >= 11 is 0. The van der Waals surface area contributed by atoms with E-state index in [-0.39, 0.29) is 5.60 Å². The van der Waals surface area contributed by atoms with Gasteiger partial charge in [-0.3, -0.25) is 0 Å². The molecule has 0 spiro atoms. The summed E-state index contributed by atoms with van der Waals surface area (Å²) in [7, 11) is 0. The smallest absolute Gasteiger partial charge is 0.338 e. The van der Waals surface area contributed by atoms with Crippen molar-refractivity contribution in [2.45, 2.75) is 56.3 Å². The summed E-state index contributed by atoms with van der Waals surface area (Å²) in [6.45, 7) is 3.40. The number of hydrogen-bond acceptors (Lipinski definition) is 3. The highest BCUT2D eigenvalue weighted by Crippen LogP contribution is 2.52. The summed E-state index contributed by atoms with van der Waals surface area (Å²) in [5.74, 6) is -1.06. The van der Waals surface area contributed by atoms with E-state index in [9.17, 15) is 9.90 Å². The van der Waals surface area contributed by atoms with Crippen LogP contribution in [-0.2, 0) is 9.53 Å². The van der Waals surface area contributed by atoms with Gasteiger partial charge in [-0.05, 0) is 39.5 Å². The monoisotopic (exact) mass is 200 g/mol. The Labute approximate surface area is 82.9 Å². The van der Waals surface area contributed by atoms with Crippen LogP contribution in [0.1, 0.15) is 39.5 Å². The predicted octanol–water partition coefficient (Wildman–Crippen LogP) is 0.924. The summed E-state index contributed by atoms with van der Waals surface area (Å²) in [4.78, 5) is 11.1. The molecule has 4 nitrogen and oxygen atoms in total. The standard InChI is InChI=1S/C10H16O4/c1-8-3-5-10(13,6-4-8)9(2,14-8)7(11)12/h13H,3-6H2,1-2H3,(H,11,12). The molecule has 0 aromatic rings. The van der Waals surface area contributed by atoms with E-state index in [1.165, 1.54) is 6.92 Å². The molecular weight excluding hydrogens is 184 g/mol. The first-order valence-electron chi connectivity index (χ1n) is 4.97. The fraction of sp³-hybridized carbons (Fsp3) is 0.900. The maximum atomic E-state index is 11.1. The number of ether oxygens (including phenoxy) is 1. The molecule has 2 aliphatic heterocycles. The number of carboxylic acid groups (broad SMARTS) is 1. The van der Waals surface area contributed by atoms with Gasteiger partial charge in [0.05, 0.1) is 5.60 Å². The third-order valence-corrected chi connectivity index (χ3v) is 3.88. The van der Waals surface area contributed by atoms with Gasteiger partial charge in [-0.2, -0.15) is 0 Å². The lowest BCUT2D eigenvalue weighted by atomic mass is 9.65. The molecule has 2 saturated heterocycles. The molecule has 1 atom stereocenters. The molecule has 1 unspecified atom stereocenters. The lowest BCUT2D eigenvalue weighted by Gasteiger charge is -2.57. The average Bonchev–Trinajstić information content (AvgIpc) is 2.09. The SMILES string of the molecule is CC12CCC(O)(CC1)C(C)(C(=O)O)O2. The molecule has 3 fully saturated rings. The Morgan fingerprint density at radius 1 is 1.21 bits per heavy atom. The normalized spacial score (nSPS) is 51.9. The summed E-state index contributed by atoms with van der Waals surface area (Å²) in [5.41, 5.74) is -2.98. The first-order chi connectivity index (χ1) is 6.31. The first kappa shape index (κ1) is 9.93. The van der Waals surface area contributed by atoms with Gasteiger partial charge < -0.3 is 14.9 Å². The lowest BCUT2D eigenvalue weighted by Crippen LogP contribution is -2.69. The minimum absolute atomic E-state index is 0.363. The van der Waals surface area contributed by atoms with Crippen LogP contribution in [0.15, 0.2) is 0 Å². The molecule has 80 valence electrons. The quantitative estimate of drug-likeness (QED) is 0.660. The Hall–Kier alpha value is -0.610. The zero-order chi connectivity index (χ0) is 10.6. The van der Waals surface area contributed by atoms with E-state index in [0.29, 0.717) is 12.8 Å². The number of hydrogen-bond donors (Lipinski definition) is 2. The number of aliphatic hydroxyl groups is 1. The van der Waals surface area contributed by atoms with Gasteiger partial charge >= 0.3 is 5.97 Å². The Morgan fingerprint density at radius 2 is 1.71 bits per heavy atom. The van der Waals surface area contributed by atoms with Crippen molar-refractivity contribution in [1.29, 1.82) is 0 Å². The van der Waals surface area contributed by atoms with Gasteiger partial charge in [-0.15, -0.1) is 0 Å². The van der Waals surface area contributed by atoms with Crippen molar-refractivity contribution in [3.8, 4) is 0 Å². The number of rotatable bonds is 1. The Bertz CT molecular complexity index is 278. The van der Waals surface area contributed by atoms with E-state index in [1.54, 1.807) is 0 Å². The first-order valence-corrected chi connectivity index (χ1v) is 4.97. The number of fused-ring (bicyclic) bond motifs is 3. The van der Waals surface area contributed by atoms with Crippen molar-refractivity contribution < 1.29 is 19.7 Å². The van der Waals surface area contributed by atoms with Gasteiger partial charge in [-0.25, -0.2) is 4.79 Å². The molecule has 2 bridgehead atoms. The molecular formula is C10H16O4. The zero-order valence-corrected chi connectivity index (χ0v) is 8.54. The number of carbonyl (C=O) groups is 1.